The quantitative estimate of drug-likeness (QED) is 0.827. The van der Waals surface area contributed by atoms with Crippen molar-refractivity contribution in [1.29, 1.82) is 0 Å². The Hall–Kier alpha value is -1.91. The number of halogens is 1. The van der Waals surface area contributed by atoms with Crippen LogP contribution in [0, 0.1) is 24.6 Å². The van der Waals surface area contributed by atoms with E-state index in [9.17, 15) is 14.0 Å². The number of rotatable bonds is 6. The Morgan fingerprint density at radius 2 is 1.88 bits per heavy atom. The van der Waals surface area contributed by atoms with Gasteiger partial charge in [-0.2, -0.15) is 0 Å². The van der Waals surface area contributed by atoms with Gasteiger partial charge in [0.2, 0.25) is 11.8 Å². The Morgan fingerprint density at radius 1 is 1.20 bits per heavy atom. The van der Waals surface area contributed by atoms with Gasteiger partial charge >= 0.3 is 0 Å². The number of carbonyl (C=O) groups excluding carboxylic acids is 2. The lowest BCUT2D eigenvalue weighted by Crippen LogP contribution is -2.51. The van der Waals surface area contributed by atoms with Gasteiger partial charge in [-0.25, -0.2) is 4.39 Å². The maximum Gasteiger partial charge on any atom is 0.243 e. The largest absolute Gasteiger partial charge is 0.350 e. The third-order valence-corrected chi connectivity index (χ3v) is 4.91. The van der Waals surface area contributed by atoms with Crippen LogP contribution in [0.1, 0.15) is 57.1 Å². The van der Waals surface area contributed by atoms with Crippen molar-refractivity contribution in [2.45, 2.75) is 65.5 Å². The number of carbonyl (C=O) groups is 2. The lowest BCUT2D eigenvalue weighted by molar-refractivity contribution is -0.132. The van der Waals surface area contributed by atoms with Crippen molar-refractivity contribution >= 4 is 11.8 Å². The molecule has 2 amide bonds. The first kappa shape index (κ1) is 19.4. The van der Waals surface area contributed by atoms with Gasteiger partial charge in [0.25, 0.3) is 0 Å². The summed E-state index contributed by atoms with van der Waals surface area (Å²) in [6.45, 7) is 5.87. The van der Waals surface area contributed by atoms with E-state index >= 15 is 0 Å². The Morgan fingerprint density at radius 3 is 2.48 bits per heavy atom. The highest BCUT2D eigenvalue weighted by atomic mass is 19.1. The number of hydrogen-bond donors (Lipinski definition) is 2. The van der Waals surface area contributed by atoms with Gasteiger partial charge in [0.15, 0.2) is 0 Å². The number of amides is 2. The van der Waals surface area contributed by atoms with Crippen molar-refractivity contribution in [2.24, 2.45) is 11.8 Å². The van der Waals surface area contributed by atoms with Gasteiger partial charge in [0.05, 0.1) is 0 Å². The number of nitrogens with one attached hydrogen (secondary N) is 2. The minimum absolute atomic E-state index is 0.00231. The normalized spacial score (nSPS) is 16.5. The SMILES string of the molecule is Cc1cc(CNC(=O)C(NC(=O)C2CCCCC2)C(C)C)ccc1F. The lowest BCUT2D eigenvalue weighted by Gasteiger charge is -2.26. The Kier molecular flexibility index (Phi) is 6.97. The molecule has 1 saturated carbocycles. The molecular formula is C20H29FN2O2. The second-order valence-electron chi connectivity index (χ2n) is 7.37. The van der Waals surface area contributed by atoms with Crippen molar-refractivity contribution in [3.63, 3.8) is 0 Å². The predicted octanol–water partition coefficient (Wildman–Crippen LogP) is 3.47. The van der Waals surface area contributed by atoms with E-state index in [1.807, 2.05) is 13.8 Å². The van der Waals surface area contributed by atoms with Crippen molar-refractivity contribution in [3.8, 4) is 0 Å². The first-order valence-electron chi connectivity index (χ1n) is 9.21. The molecule has 1 fully saturated rings. The summed E-state index contributed by atoms with van der Waals surface area (Å²) in [7, 11) is 0. The molecule has 25 heavy (non-hydrogen) atoms. The van der Waals surface area contributed by atoms with Crippen LogP contribution in [0.25, 0.3) is 0 Å². The Balaban J connectivity index is 1.92. The first-order valence-corrected chi connectivity index (χ1v) is 9.21. The fourth-order valence-corrected chi connectivity index (χ4v) is 3.29. The van der Waals surface area contributed by atoms with Crippen LogP contribution in [0.15, 0.2) is 18.2 Å². The van der Waals surface area contributed by atoms with Crippen molar-refractivity contribution < 1.29 is 14.0 Å². The van der Waals surface area contributed by atoms with Crippen LogP contribution in [0.2, 0.25) is 0 Å². The smallest absolute Gasteiger partial charge is 0.243 e. The average molecular weight is 348 g/mol. The molecule has 1 aliphatic carbocycles. The molecule has 138 valence electrons. The molecule has 0 bridgehead atoms. The van der Waals surface area contributed by atoms with Crippen LogP contribution in [0.5, 0.6) is 0 Å². The van der Waals surface area contributed by atoms with E-state index in [-0.39, 0.29) is 29.5 Å². The van der Waals surface area contributed by atoms with E-state index in [0.29, 0.717) is 12.1 Å². The molecule has 1 aliphatic rings. The van der Waals surface area contributed by atoms with Crippen LogP contribution in [0.4, 0.5) is 4.39 Å². The van der Waals surface area contributed by atoms with Gasteiger partial charge in [0.1, 0.15) is 11.9 Å². The molecular weight excluding hydrogens is 319 g/mol. The molecule has 1 atom stereocenters. The molecule has 4 nitrogen and oxygen atoms in total. The minimum Gasteiger partial charge on any atom is -0.350 e. The standard InChI is InChI=1S/C20H29FN2O2/c1-13(2)18(23-19(24)16-7-5-4-6-8-16)20(25)22-12-15-9-10-17(21)14(3)11-15/h9-11,13,16,18H,4-8,12H2,1-3H3,(H,22,25)(H,23,24). The highest BCUT2D eigenvalue weighted by Crippen LogP contribution is 2.24. The molecule has 1 aromatic rings. The van der Waals surface area contributed by atoms with E-state index in [1.165, 1.54) is 12.5 Å². The van der Waals surface area contributed by atoms with Crippen molar-refractivity contribution in [3.05, 3.63) is 35.1 Å². The minimum atomic E-state index is -0.545. The van der Waals surface area contributed by atoms with Crippen LogP contribution in [-0.2, 0) is 16.1 Å². The molecule has 1 unspecified atom stereocenters. The molecule has 0 saturated heterocycles. The van der Waals surface area contributed by atoms with E-state index in [1.54, 1.807) is 19.1 Å². The van der Waals surface area contributed by atoms with Gasteiger partial charge in [-0.15, -0.1) is 0 Å². The van der Waals surface area contributed by atoms with Gasteiger partial charge in [-0.3, -0.25) is 9.59 Å². The van der Waals surface area contributed by atoms with E-state index in [2.05, 4.69) is 10.6 Å². The second-order valence-corrected chi connectivity index (χ2v) is 7.37. The molecule has 0 aromatic heterocycles. The third kappa shape index (κ3) is 5.55. The highest BCUT2D eigenvalue weighted by Gasteiger charge is 2.28. The molecule has 0 heterocycles. The number of benzene rings is 1. The number of aryl methyl sites for hydroxylation is 1. The maximum atomic E-state index is 13.3. The summed E-state index contributed by atoms with van der Waals surface area (Å²) in [6.07, 6.45) is 5.18. The maximum absolute atomic E-state index is 13.3. The topological polar surface area (TPSA) is 58.2 Å². The van der Waals surface area contributed by atoms with Crippen LogP contribution < -0.4 is 10.6 Å². The van der Waals surface area contributed by atoms with Gasteiger partial charge < -0.3 is 10.6 Å². The zero-order valence-corrected chi connectivity index (χ0v) is 15.4. The Bertz CT molecular complexity index is 610. The predicted molar refractivity (Wildman–Crippen MR) is 96.3 cm³/mol. The van der Waals surface area contributed by atoms with E-state index in [4.69, 9.17) is 0 Å². The molecule has 0 aliphatic heterocycles. The average Bonchev–Trinajstić information content (AvgIpc) is 2.60. The second kappa shape index (κ2) is 8.97. The van der Waals surface area contributed by atoms with Crippen molar-refractivity contribution in [2.75, 3.05) is 0 Å². The molecule has 0 spiro atoms. The Labute approximate surface area is 149 Å². The fourth-order valence-electron chi connectivity index (χ4n) is 3.29. The zero-order chi connectivity index (χ0) is 18.4. The van der Waals surface area contributed by atoms with Crippen LogP contribution >= 0.6 is 0 Å². The van der Waals surface area contributed by atoms with Crippen LogP contribution in [-0.4, -0.2) is 17.9 Å². The van der Waals surface area contributed by atoms with E-state index < -0.39 is 6.04 Å². The first-order chi connectivity index (χ1) is 11.9. The summed E-state index contributed by atoms with van der Waals surface area (Å²) >= 11 is 0. The van der Waals surface area contributed by atoms with Crippen LogP contribution in [0.3, 0.4) is 0 Å². The molecule has 2 rings (SSSR count). The summed E-state index contributed by atoms with van der Waals surface area (Å²) in [4.78, 5) is 25.0. The molecule has 1 aromatic carbocycles. The fraction of sp³-hybridized carbons (Fsp3) is 0.600. The van der Waals surface area contributed by atoms with E-state index in [0.717, 1.165) is 31.2 Å². The monoisotopic (exact) mass is 348 g/mol. The zero-order valence-electron chi connectivity index (χ0n) is 15.4. The van der Waals surface area contributed by atoms with Gasteiger partial charge in [0, 0.05) is 12.5 Å². The highest BCUT2D eigenvalue weighted by molar-refractivity contribution is 5.88. The molecule has 5 heteroatoms. The van der Waals surface area contributed by atoms with Crippen molar-refractivity contribution in [1.82, 2.24) is 10.6 Å². The number of hydrogen-bond acceptors (Lipinski definition) is 2. The molecule has 2 N–H and O–H groups in total. The summed E-state index contributed by atoms with van der Waals surface area (Å²) in [5, 5.41) is 5.79. The lowest BCUT2D eigenvalue weighted by atomic mass is 9.88. The molecule has 0 radical (unpaired) electrons. The summed E-state index contributed by atoms with van der Waals surface area (Å²) < 4.78 is 13.3. The summed E-state index contributed by atoms with van der Waals surface area (Å²) in [5.74, 6) is -0.424. The van der Waals surface area contributed by atoms with Gasteiger partial charge in [-0.1, -0.05) is 45.2 Å². The summed E-state index contributed by atoms with van der Waals surface area (Å²) in [5.41, 5.74) is 1.39. The van der Waals surface area contributed by atoms with Gasteiger partial charge in [-0.05, 0) is 42.9 Å². The third-order valence-electron chi connectivity index (χ3n) is 4.91. The summed E-state index contributed by atoms with van der Waals surface area (Å²) in [6, 6.07) is 4.24.